The Bertz CT molecular complexity index is 975. The van der Waals surface area contributed by atoms with Crippen LogP contribution in [0.1, 0.15) is 12.8 Å². The molecular formula is C26H35N5. The highest BCUT2D eigenvalue weighted by molar-refractivity contribution is 5.93. The average Bonchev–Trinajstić information content (AvgIpc) is 2.79. The number of anilines is 2. The molecule has 0 bridgehead atoms. The van der Waals surface area contributed by atoms with Gasteiger partial charge in [-0.2, -0.15) is 0 Å². The van der Waals surface area contributed by atoms with Gasteiger partial charge in [0.25, 0.3) is 0 Å². The maximum atomic E-state index is 4.96. The molecule has 2 aromatic carbocycles. The van der Waals surface area contributed by atoms with E-state index in [4.69, 9.17) is 4.98 Å². The second-order valence-electron chi connectivity index (χ2n) is 8.85. The molecule has 0 spiro atoms. The maximum absolute atomic E-state index is 4.96. The molecule has 0 aliphatic carbocycles. The number of pyridine rings is 1. The van der Waals surface area contributed by atoms with Crippen molar-refractivity contribution in [2.45, 2.75) is 12.8 Å². The molecule has 2 heterocycles. The van der Waals surface area contributed by atoms with Crippen LogP contribution in [0.4, 0.5) is 11.4 Å². The number of benzene rings is 2. The molecule has 0 amide bonds. The van der Waals surface area contributed by atoms with E-state index < -0.39 is 0 Å². The van der Waals surface area contributed by atoms with Gasteiger partial charge in [-0.05, 0) is 64.8 Å². The topological polar surface area (TPSA) is 34.6 Å². The van der Waals surface area contributed by atoms with Gasteiger partial charge in [0.2, 0.25) is 0 Å². The summed E-state index contributed by atoms with van der Waals surface area (Å²) in [4.78, 5) is 12.1. The highest BCUT2D eigenvalue weighted by atomic mass is 15.2. The zero-order chi connectivity index (χ0) is 21.6. The summed E-state index contributed by atoms with van der Waals surface area (Å²) in [5, 5.41) is 4.86. The molecule has 0 unspecified atom stereocenters. The van der Waals surface area contributed by atoms with Crippen molar-refractivity contribution < 1.29 is 0 Å². The highest BCUT2D eigenvalue weighted by Gasteiger charge is 2.14. The number of piperazine rings is 1. The summed E-state index contributed by atoms with van der Waals surface area (Å²) in [6.45, 7) is 6.53. The van der Waals surface area contributed by atoms with E-state index in [1.165, 1.54) is 28.7 Å². The van der Waals surface area contributed by atoms with Crippen LogP contribution in [-0.4, -0.2) is 75.2 Å². The molecule has 1 N–H and O–H groups in total. The lowest BCUT2D eigenvalue weighted by atomic mass is 10.1. The molecule has 3 aromatic rings. The Morgan fingerprint density at radius 2 is 1.68 bits per heavy atom. The number of fused-ring (bicyclic) bond motifs is 1. The van der Waals surface area contributed by atoms with E-state index in [2.05, 4.69) is 95.8 Å². The van der Waals surface area contributed by atoms with Gasteiger partial charge < -0.3 is 20.0 Å². The van der Waals surface area contributed by atoms with E-state index in [1.807, 2.05) is 0 Å². The molecular weight excluding hydrogens is 382 g/mol. The molecule has 1 saturated heterocycles. The number of nitrogens with one attached hydrogen (secondary N) is 1. The summed E-state index contributed by atoms with van der Waals surface area (Å²) in [5.41, 5.74) is 5.71. The van der Waals surface area contributed by atoms with Crippen molar-refractivity contribution in [1.29, 1.82) is 0 Å². The third-order valence-corrected chi connectivity index (χ3v) is 6.10. The minimum Gasteiger partial charge on any atom is -0.384 e. The Kier molecular flexibility index (Phi) is 7.05. The van der Waals surface area contributed by atoms with E-state index >= 15 is 0 Å². The number of rotatable bonds is 8. The molecule has 1 fully saturated rings. The Balaban J connectivity index is 1.52. The second kappa shape index (κ2) is 10.1. The first kappa shape index (κ1) is 21.6. The number of unbranched alkanes of at least 4 members (excludes halogenated alkanes) is 1. The smallest absolute Gasteiger partial charge is 0.0730 e. The Morgan fingerprint density at radius 3 is 2.42 bits per heavy atom. The van der Waals surface area contributed by atoms with E-state index in [0.29, 0.717) is 0 Å². The first-order valence-electron chi connectivity index (χ1n) is 11.4. The molecule has 0 saturated carbocycles. The van der Waals surface area contributed by atoms with Crippen molar-refractivity contribution in [2.24, 2.45) is 0 Å². The standard InChI is InChI=1S/C26H35N5/c1-29(2)15-7-6-14-27-26-20-25(28-24-9-5-4-8-23(24)26)21-10-12-22(13-11-21)31-18-16-30(3)17-19-31/h4-5,8-13,20H,6-7,14-19H2,1-3H3,(H,27,28). The zero-order valence-electron chi connectivity index (χ0n) is 19.1. The monoisotopic (exact) mass is 417 g/mol. The average molecular weight is 418 g/mol. The van der Waals surface area contributed by atoms with Crippen LogP contribution in [0.25, 0.3) is 22.2 Å². The van der Waals surface area contributed by atoms with Gasteiger partial charge in [0.1, 0.15) is 0 Å². The number of hydrogen-bond donors (Lipinski definition) is 1. The van der Waals surface area contributed by atoms with Gasteiger partial charge in [-0.25, -0.2) is 4.98 Å². The first-order chi connectivity index (χ1) is 15.1. The van der Waals surface area contributed by atoms with Crippen LogP contribution in [0.15, 0.2) is 54.6 Å². The quantitative estimate of drug-likeness (QED) is 0.549. The molecule has 5 nitrogen and oxygen atoms in total. The van der Waals surface area contributed by atoms with Crippen molar-refractivity contribution >= 4 is 22.3 Å². The maximum Gasteiger partial charge on any atom is 0.0730 e. The van der Waals surface area contributed by atoms with Gasteiger partial charge in [-0.15, -0.1) is 0 Å². The molecule has 1 aromatic heterocycles. The first-order valence-corrected chi connectivity index (χ1v) is 11.4. The normalized spacial score (nSPS) is 15.0. The van der Waals surface area contributed by atoms with Gasteiger partial charge >= 0.3 is 0 Å². The summed E-state index contributed by atoms with van der Waals surface area (Å²) in [6, 6.07) is 19.5. The molecule has 1 aliphatic heterocycles. The summed E-state index contributed by atoms with van der Waals surface area (Å²) in [6.07, 6.45) is 2.35. The lowest BCUT2D eigenvalue weighted by molar-refractivity contribution is 0.313. The number of para-hydroxylation sites is 1. The third-order valence-electron chi connectivity index (χ3n) is 6.10. The van der Waals surface area contributed by atoms with Crippen LogP contribution in [-0.2, 0) is 0 Å². The molecule has 0 radical (unpaired) electrons. The molecule has 0 atom stereocenters. The molecule has 164 valence electrons. The van der Waals surface area contributed by atoms with Crippen LogP contribution in [0, 0.1) is 0 Å². The van der Waals surface area contributed by atoms with Crippen LogP contribution in [0.5, 0.6) is 0 Å². The van der Waals surface area contributed by atoms with Crippen LogP contribution in [0.3, 0.4) is 0 Å². The van der Waals surface area contributed by atoms with Gasteiger partial charge in [-0.1, -0.05) is 30.3 Å². The highest BCUT2D eigenvalue weighted by Crippen LogP contribution is 2.29. The summed E-state index contributed by atoms with van der Waals surface area (Å²) in [7, 11) is 6.45. The lowest BCUT2D eigenvalue weighted by Crippen LogP contribution is -2.44. The van der Waals surface area contributed by atoms with Crippen LogP contribution in [0.2, 0.25) is 0 Å². The van der Waals surface area contributed by atoms with Gasteiger partial charge in [0, 0.05) is 55.0 Å². The SMILES string of the molecule is CN(C)CCCCNc1cc(-c2ccc(N3CCN(C)CC3)cc2)nc2ccccc12. The van der Waals surface area contributed by atoms with E-state index in [0.717, 1.165) is 56.9 Å². The molecule has 1 aliphatic rings. The Hall–Kier alpha value is -2.63. The fourth-order valence-corrected chi connectivity index (χ4v) is 4.15. The predicted octanol–water partition coefficient (Wildman–Crippen LogP) is 4.41. The van der Waals surface area contributed by atoms with Gasteiger partial charge in [0.05, 0.1) is 11.2 Å². The lowest BCUT2D eigenvalue weighted by Gasteiger charge is -2.34. The fraction of sp³-hybridized carbons (Fsp3) is 0.423. The third kappa shape index (κ3) is 5.54. The number of nitrogens with zero attached hydrogens (tertiary/aromatic N) is 4. The van der Waals surface area contributed by atoms with Crippen molar-refractivity contribution in [3.63, 3.8) is 0 Å². The van der Waals surface area contributed by atoms with Crippen molar-refractivity contribution in [3.8, 4) is 11.3 Å². The molecule has 5 heteroatoms. The van der Waals surface area contributed by atoms with Crippen molar-refractivity contribution in [3.05, 3.63) is 54.6 Å². The minimum atomic E-state index is 0.976. The van der Waals surface area contributed by atoms with E-state index in [9.17, 15) is 0 Å². The Labute approximate surface area is 186 Å². The predicted molar refractivity (Wildman–Crippen MR) is 133 cm³/mol. The van der Waals surface area contributed by atoms with E-state index in [-0.39, 0.29) is 0 Å². The summed E-state index contributed by atoms with van der Waals surface area (Å²) >= 11 is 0. The summed E-state index contributed by atoms with van der Waals surface area (Å²) in [5.74, 6) is 0. The van der Waals surface area contributed by atoms with Crippen LogP contribution < -0.4 is 10.2 Å². The summed E-state index contributed by atoms with van der Waals surface area (Å²) < 4.78 is 0. The van der Waals surface area contributed by atoms with Gasteiger partial charge in [0.15, 0.2) is 0 Å². The van der Waals surface area contributed by atoms with Crippen molar-refractivity contribution in [1.82, 2.24) is 14.8 Å². The van der Waals surface area contributed by atoms with E-state index in [1.54, 1.807) is 0 Å². The fourth-order valence-electron chi connectivity index (χ4n) is 4.15. The second-order valence-corrected chi connectivity index (χ2v) is 8.85. The number of likely N-dealkylation sites (N-methyl/N-ethyl adjacent to an activating group) is 1. The number of aromatic nitrogens is 1. The zero-order valence-corrected chi connectivity index (χ0v) is 19.1. The minimum absolute atomic E-state index is 0.976. The van der Waals surface area contributed by atoms with Crippen LogP contribution >= 0.6 is 0 Å². The largest absolute Gasteiger partial charge is 0.384 e. The Morgan fingerprint density at radius 1 is 0.935 bits per heavy atom. The molecule has 31 heavy (non-hydrogen) atoms. The number of hydrogen-bond acceptors (Lipinski definition) is 5. The van der Waals surface area contributed by atoms with Crippen molar-refractivity contribution in [2.75, 3.05) is 70.6 Å². The molecule has 4 rings (SSSR count). The van der Waals surface area contributed by atoms with Gasteiger partial charge in [-0.3, -0.25) is 0 Å².